The maximum atomic E-state index is 11.1. The summed E-state index contributed by atoms with van der Waals surface area (Å²) in [5.41, 5.74) is 0.694. The second-order valence-electron chi connectivity index (χ2n) is 3.52. The van der Waals surface area contributed by atoms with E-state index in [4.69, 9.17) is 10.4 Å². The van der Waals surface area contributed by atoms with Crippen LogP contribution >= 0.6 is 27.7 Å². The van der Waals surface area contributed by atoms with Gasteiger partial charge in [0, 0.05) is 15.6 Å². The van der Waals surface area contributed by atoms with Crippen molar-refractivity contribution in [3.05, 3.63) is 52.1 Å². The third kappa shape index (κ3) is 3.13. The molecule has 4 nitrogen and oxygen atoms in total. The van der Waals surface area contributed by atoms with Crippen molar-refractivity contribution in [3.63, 3.8) is 0 Å². The highest BCUT2D eigenvalue weighted by Crippen LogP contribution is 2.34. The van der Waals surface area contributed by atoms with E-state index in [0.717, 1.165) is 9.37 Å². The molecule has 0 aliphatic carbocycles. The van der Waals surface area contributed by atoms with Crippen molar-refractivity contribution in [2.45, 2.75) is 9.92 Å². The minimum Gasteiger partial charge on any atom is -0.478 e. The summed E-state index contributed by atoms with van der Waals surface area (Å²) in [5.74, 6) is -1.01. The lowest BCUT2D eigenvalue weighted by atomic mass is 10.2. The van der Waals surface area contributed by atoms with Crippen LogP contribution in [0.25, 0.3) is 0 Å². The van der Waals surface area contributed by atoms with Crippen molar-refractivity contribution in [1.82, 2.24) is 4.98 Å². The van der Waals surface area contributed by atoms with Crippen LogP contribution in [0.2, 0.25) is 0 Å². The average molecular weight is 335 g/mol. The Morgan fingerprint density at radius 2 is 2.21 bits per heavy atom. The Bertz CT molecular complexity index is 683. The van der Waals surface area contributed by atoms with E-state index < -0.39 is 5.97 Å². The number of carbonyl (C=O) groups is 1. The molecule has 0 fully saturated rings. The van der Waals surface area contributed by atoms with Gasteiger partial charge in [-0.25, -0.2) is 9.78 Å². The maximum Gasteiger partial charge on any atom is 0.338 e. The first-order valence-corrected chi connectivity index (χ1v) is 6.78. The molecule has 0 amide bonds. The molecule has 1 heterocycles. The molecular formula is C13H7BrN2O2S. The molecule has 0 saturated carbocycles. The van der Waals surface area contributed by atoms with Gasteiger partial charge in [0.2, 0.25) is 0 Å². The maximum absolute atomic E-state index is 11.1. The van der Waals surface area contributed by atoms with E-state index in [9.17, 15) is 4.79 Å². The van der Waals surface area contributed by atoms with E-state index in [1.54, 1.807) is 30.5 Å². The highest BCUT2D eigenvalue weighted by molar-refractivity contribution is 9.10. The monoisotopic (exact) mass is 334 g/mol. The van der Waals surface area contributed by atoms with Gasteiger partial charge in [0.25, 0.3) is 0 Å². The van der Waals surface area contributed by atoms with Crippen molar-refractivity contribution < 1.29 is 9.90 Å². The van der Waals surface area contributed by atoms with Gasteiger partial charge in [-0.05, 0) is 46.3 Å². The first kappa shape index (κ1) is 13.6. The predicted molar refractivity (Wildman–Crippen MR) is 74.2 cm³/mol. The average Bonchev–Trinajstić information content (AvgIpc) is 2.41. The Morgan fingerprint density at radius 1 is 1.42 bits per heavy atom. The number of pyridine rings is 1. The van der Waals surface area contributed by atoms with Crippen LogP contribution in [0, 0.1) is 11.3 Å². The lowest BCUT2D eigenvalue weighted by molar-refractivity contribution is 0.0692. The SMILES string of the molecule is N#Cc1ccc(Sc2ncccc2C(=O)O)c(Br)c1. The minimum atomic E-state index is -1.01. The summed E-state index contributed by atoms with van der Waals surface area (Å²) in [7, 11) is 0. The number of hydrogen-bond acceptors (Lipinski definition) is 4. The molecule has 6 heteroatoms. The number of rotatable bonds is 3. The van der Waals surface area contributed by atoms with E-state index >= 15 is 0 Å². The number of nitrogens with zero attached hydrogens (tertiary/aromatic N) is 2. The Balaban J connectivity index is 2.37. The Morgan fingerprint density at radius 3 is 2.84 bits per heavy atom. The van der Waals surface area contributed by atoms with Gasteiger partial charge in [-0.15, -0.1) is 0 Å². The summed E-state index contributed by atoms with van der Waals surface area (Å²) in [6, 6.07) is 10.3. The molecule has 0 radical (unpaired) electrons. The summed E-state index contributed by atoms with van der Waals surface area (Å²) in [5, 5.41) is 18.3. The highest BCUT2D eigenvalue weighted by atomic mass is 79.9. The third-order valence-corrected chi connectivity index (χ3v) is 4.28. The molecular weight excluding hydrogens is 328 g/mol. The van der Waals surface area contributed by atoms with E-state index in [0.29, 0.717) is 10.6 Å². The normalized spacial score (nSPS) is 9.89. The second kappa shape index (κ2) is 5.87. The van der Waals surface area contributed by atoms with Gasteiger partial charge in [-0.2, -0.15) is 5.26 Å². The van der Waals surface area contributed by atoms with Crippen LogP contribution in [0.5, 0.6) is 0 Å². The summed E-state index contributed by atoms with van der Waals surface area (Å²) in [6.07, 6.45) is 1.55. The van der Waals surface area contributed by atoms with E-state index in [1.165, 1.54) is 17.8 Å². The topological polar surface area (TPSA) is 74.0 Å². The van der Waals surface area contributed by atoms with Crippen LogP contribution in [-0.2, 0) is 0 Å². The molecule has 0 unspecified atom stereocenters. The van der Waals surface area contributed by atoms with Crippen LogP contribution in [0.1, 0.15) is 15.9 Å². The number of aromatic carboxylic acids is 1. The Kier molecular flexibility index (Phi) is 4.20. The van der Waals surface area contributed by atoms with E-state index in [-0.39, 0.29) is 5.56 Å². The second-order valence-corrected chi connectivity index (χ2v) is 5.41. The van der Waals surface area contributed by atoms with Crippen LogP contribution in [-0.4, -0.2) is 16.1 Å². The van der Waals surface area contributed by atoms with Gasteiger partial charge in [0.1, 0.15) is 5.03 Å². The van der Waals surface area contributed by atoms with Crippen molar-refractivity contribution >= 4 is 33.7 Å². The van der Waals surface area contributed by atoms with E-state index in [1.807, 2.05) is 6.07 Å². The quantitative estimate of drug-likeness (QED) is 0.928. The Hall–Kier alpha value is -1.84. The lowest BCUT2D eigenvalue weighted by Crippen LogP contribution is -2.00. The summed E-state index contributed by atoms with van der Waals surface area (Å²) in [6.45, 7) is 0. The number of hydrogen-bond donors (Lipinski definition) is 1. The molecule has 2 aromatic rings. The lowest BCUT2D eigenvalue weighted by Gasteiger charge is -2.06. The number of carboxylic acids is 1. The Labute approximate surface area is 122 Å². The van der Waals surface area contributed by atoms with Crippen LogP contribution in [0.3, 0.4) is 0 Å². The van der Waals surface area contributed by atoms with Gasteiger partial charge >= 0.3 is 5.97 Å². The smallest absolute Gasteiger partial charge is 0.338 e. The number of benzene rings is 1. The fraction of sp³-hybridized carbons (Fsp3) is 0. The number of aromatic nitrogens is 1. The zero-order valence-corrected chi connectivity index (χ0v) is 11.9. The fourth-order valence-electron chi connectivity index (χ4n) is 1.39. The van der Waals surface area contributed by atoms with Gasteiger partial charge in [-0.1, -0.05) is 11.8 Å². The minimum absolute atomic E-state index is 0.156. The van der Waals surface area contributed by atoms with Crippen LogP contribution < -0.4 is 0 Å². The van der Waals surface area contributed by atoms with Crippen molar-refractivity contribution in [2.24, 2.45) is 0 Å². The summed E-state index contributed by atoms with van der Waals surface area (Å²) >= 11 is 4.60. The molecule has 94 valence electrons. The zero-order chi connectivity index (χ0) is 13.8. The van der Waals surface area contributed by atoms with Crippen molar-refractivity contribution in [2.75, 3.05) is 0 Å². The molecule has 0 spiro atoms. The third-order valence-electron chi connectivity index (χ3n) is 2.27. The number of carboxylic acid groups (broad SMARTS) is 1. The van der Waals surface area contributed by atoms with Gasteiger partial charge in [0.05, 0.1) is 17.2 Å². The summed E-state index contributed by atoms with van der Waals surface area (Å²) < 4.78 is 0.735. The fourth-order valence-corrected chi connectivity index (χ4v) is 2.89. The van der Waals surface area contributed by atoms with Crippen molar-refractivity contribution in [1.29, 1.82) is 5.26 Å². The first-order chi connectivity index (χ1) is 9.11. The summed E-state index contributed by atoms with van der Waals surface area (Å²) in [4.78, 5) is 16.0. The van der Waals surface area contributed by atoms with Gasteiger partial charge in [0.15, 0.2) is 0 Å². The zero-order valence-electron chi connectivity index (χ0n) is 9.50. The molecule has 0 saturated heterocycles. The molecule has 0 atom stereocenters. The predicted octanol–water partition coefficient (Wildman–Crippen LogP) is 3.57. The molecule has 0 bridgehead atoms. The molecule has 2 rings (SSSR count). The highest BCUT2D eigenvalue weighted by Gasteiger charge is 2.13. The first-order valence-electron chi connectivity index (χ1n) is 5.17. The molecule has 19 heavy (non-hydrogen) atoms. The van der Waals surface area contributed by atoms with Crippen LogP contribution in [0.15, 0.2) is 50.9 Å². The largest absolute Gasteiger partial charge is 0.478 e. The van der Waals surface area contributed by atoms with Gasteiger partial charge < -0.3 is 5.11 Å². The molecule has 1 N–H and O–H groups in total. The molecule has 0 aliphatic rings. The number of halogens is 1. The van der Waals surface area contributed by atoms with Gasteiger partial charge in [-0.3, -0.25) is 0 Å². The number of nitriles is 1. The molecule has 0 aliphatic heterocycles. The molecule has 1 aromatic heterocycles. The molecule has 1 aromatic carbocycles. The van der Waals surface area contributed by atoms with Crippen molar-refractivity contribution in [3.8, 4) is 6.07 Å². The van der Waals surface area contributed by atoms with E-state index in [2.05, 4.69) is 20.9 Å². The van der Waals surface area contributed by atoms with Crippen LogP contribution in [0.4, 0.5) is 0 Å². The standard InChI is InChI=1S/C13H7BrN2O2S/c14-10-6-8(7-15)3-4-11(10)19-12-9(13(17)18)2-1-5-16-12/h1-6H,(H,17,18).